The monoisotopic (exact) mass is 445 g/mol. The van der Waals surface area contributed by atoms with Crippen LogP contribution in [0.1, 0.15) is 17.3 Å². The topological polar surface area (TPSA) is 91.4 Å². The van der Waals surface area contributed by atoms with Gasteiger partial charge in [-0.25, -0.2) is 18.8 Å². The van der Waals surface area contributed by atoms with E-state index < -0.39 is 23.7 Å². The van der Waals surface area contributed by atoms with E-state index in [1.807, 2.05) is 0 Å². The second-order valence-electron chi connectivity index (χ2n) is 5.22. The lowest BCUT2D eigenvalue weighted by molar-refractivity contribution is -0.140. The molecule has 0 radical (unpaired) electrons. The molecule has 1 heterocycles. The predicted molar refractivity (Wildman–Crippen MR) is 94.4 cm³/mol. The van der Waals surface area contributed by atoms with Crippen LogP contribution in [0.2, 0.25) is 0 Å². The van der Waals surface area contributed by atoms with E-state index in [4.69, 9.17) is 14.2 Å². The summed E-state index contributed by atoms with van der Waals surface area (Å²) >= 11 is 3.19. The van der Waals surface area contributed by atoms with Crippen molar-refractivity contribution in [1.82, 2.24) is 0 Å². The molecular formula is C17H17BrFNO7. The predicted octanol–water partition coefficient (Wildman–Crippen LogP) is 2.16. The van der Waals surface area contributed by atoms with Gasteiger partial charge >= 0.3 is 17.9 Å². The quantitative estimate of drug-likeness (QED) is 0.502. The molecule has 0 aromatic heterocycles. The summed E-state index contributed by atoms with van der Waals surface area (Å²) in [7, 11) is 2.28. The number of ether oxygens (including phenoxy) is 4. The van der Waals surface area contributed by atoms with Gasteiger partial charge in [-0.2, -0.15) is 0 Å². The van der Waals surface area contributed by atoms with Gasteiger partial charge in [-0.1, -0.05) is 0 Å². The van der Waals surface area contributed by atoms with Crippen molar-refractivity contribution >= 4 is 39.5 Å². The minimum atomic E-state index is -0.862. The number of methoxy groups -OCH3 is 2. The first-order chi connectivity index (χ1) is 12.8. The summed E-state index contributed by atoms with van der Waals surface area (Å²) < 4.78 is 34.5. The number of carbonyl (C=O) groups excluding carboxylic acids is 3. The van der Waals surface area contributed by atoms with Crippen molar-refractivity contribution in [3.05, 3.63) is 39.3 Å². The minimum absolute atomic E-state index is 0.0142. The van der Waals surface area contributed by atoms with Crippen molar-refractivity contribution in [2.24, 2.45) is 0 Å². The lowest BCUT2D eigenvalue weighted by Gasteiger charge is -2.32. The SMILES string of the molecule is CCOC(=O)c1cc(F)c(N2COCC(C(=O)OC)=C2C(=O)OC)c(Br)c1. The molecule has 1 aromatic carbocycles. The smallest absolute Gasteiger partial charge is 0.355 e. The first kappa shape index (κ1) is 20.8. The van der Waals surface area contributed by atoms with Crippen molar-refractivity contribution in [2.45, 2.75) is 6.92 Å². The van der Waals surface area contributed by atoms with E-state index in [9.17, 15) is 18.8 Å². The number of benzene rings is 1. The summed E-state index contributed by atoms with van der Waals surface area (Å²) in [6, 6.07) is 2.32. The maximum Gasteiger partial charge on any atom is 0.355 e. The Morgan fingerprint density at radius 3 is 2.41 bits per heavy atom. The molecule has 0 amide bonds. The van der Waals surface area contributed by atoms with E-state index in [1.54, 1.807) is 6.92 Å². The molecule has 1 aliphatic heterocycles. The van der Waals surface area contributed by atoms with Crippen molar-refractivity contribution in [3.8, 4) is 0 Å². The summed E-state index contributed by atoms with van der Waals surface area (Å²) in [6.45, 7) is 1.34. The summed E-state index contributed by atoms with van der Waals surface area (Å²) in [5.74, 6) is -3.19. The Labute approximate surface area is 162 Å². The van der Waals surface area contributed by atoms with Crippen molar-refractivity contribution in [2.75, 3.05) is 39.1 Å². The van der Waals surface area contributed by atoms with Gasteiger partial charge in [0.2, 0.25) is 0 Å². The number of anilines is 1. The summed E-state index contributed by atoms with van der Waals surface area (Å²) in [5, 5.41) is 0. The maximum absolute atomic E-state index is 14.8. The fraction of sp³-hybridized carbons (Fsp3) is 0.353. The molecule has 8 nitrogen and oxygen atoms in total. The first-order valence-corrected chi connectivity index (χ1v) is 8.56. The molecule has 0 unspecified atom stereocenters. The van der Waals surface area contributed by atoms with Crippen molar-refractivity contribution in [3.63, 3.8) is 0 Å². The van der Waals surface area contributed by atoms with Gasteiger partial charge in [0.1, 0.15) is 18.2 Å². The molecule has 0 fully saturated rings. The van der Waals surface area contributed by atoms with E-state index in [0.717, 1.165) is 25.2 Å². The fourth-order valence-corrected chi connectivity index (χ4v) is 3.13. The second kappa shape index (κ2) is 8.96. The zero-order chi connectivity index (χ0) is 20.1. The summed E-state index contributed by atoms with van der Waals surface area (Å²) in [4.78, 5) is 37.2. The third-order valence-corrected chi connectivity index (χ3v) is 4.24. The van der Waals surface area contributed by atoms with Crippen LogP contribution in [0.5, 0.6) is 0 Å². The number of nitrogens with zero attached hydrogens (tertiary/aromatic N) is 1. The molecule has 0 atom stereocenters. The molecule has 0 bridgehead atoms. The van der Waals surface area contributed by atoms with Gasteiger partial charge in [0.15, 0.2) is 0 Å². The highest BCUT2D eigenvalue weighted by Gasteiger charge is 2.34. The maximum atomic E-state index is 14.8. The third kappa shape index (κ3) is 4.28. The highest BCUT2D eigenvalue weighted by molar-refractivity contribution is 9.10. The van der Waals surface area contributed by atoms with Crippen LogP contribution in [-0.4, -0.2) is 52.1 Å². The van der Waals surface area contributed by atoms with Gasteiger partial charge in [0, 0.05) is 4.47 Å². The van der Waals surface area contributed by atoms with E-state index in [1.165, 1.54) is 6.07 Å². The number of hydrogen-bond acceptors (Lipinski definition) is 8. The van der Waals surface area contributed by atoms with Gasteiger partial charge in [-0.15, -0.1) is 0 Å². The molecular weight excluding hydrogens is 429 g/mol. The van der Waals surface area contributed by atoms with Crippen LogP contribution in [0, 0.1) is 5.82 Å². The zero-order valence-electron chi connectivity index (χ0n) is 14.8. The van der Waals surface area contributed by atoms with E-state index in [-0.39, 0.29) is 46.9 Å². The normalized spacial score (nSPS) is 14.0. The lowest BCUT2D eigenvalue weighted by atomic mass is 10.1. The Bertz CT molecular complexity index is 785. The molecule has 0 saturated carbocycles. The average molecular weight is 446 g/mol. The molecule has 0 spiro atoms. The minimum Gasteiger partial charge on any atom is -0.466 e. The number of hydrogen-bond donors (Lipinski definition) is 0. The van der Waals surface area contributed by atoms with Crippen LogP contribution in [0.4, 0.5) is 10.1 Å². The second-order valence-corrected chi connectivity index (χ2v) is 6.08. The van der Waals surface area contributed by atoms with E-state index in [0.29, 0.717) is 0 Å². The van der Waals surface area contributed by atoms with Gasteiger partial charge in [0.05, 0.1) is 44.3 Å². The van der Waals surface area contributed by atoms with Crippen LogP contribution in [0.15, 0.2) is 27.9 Å². The Morgan fingerprint density at radius 1 is 1.19 bits per heavy atom. The number of rotatable bonds is 5. The van der Waals surface area contributed by atoms with Gasteiger partial charge < -0.3 is 23.8 Å². The van der Waals surface area contributed by atoms with Crippen LogP contribution in [0.25, 0.3) is 0 Å². The largest absolute Gasteiger partial charge is 0.466 e. The number of halogens is 2. The molecule has 1 aliphatic rings. The number of esters is 3. The molecule has 0 aliphatic carbocycles. The number of carbonyl (C=O) groups is 3. The molecule has 2 rings (SSSR count). The Hall–Kier alpha value is -2.46. The van der Waals surface area contributed by atoms with Crippen LogP contribution in [-0.2, 0) is 28.5 Å². The zero-order valence-corrected chi connectivity index (χ0v) is 16.4. The standard InChI is InChI=1S/C17H17BrFNO7/c1-4-27-15(21)9-5-11(18)14(12(19)6-9)20-8-26-7-10(16(22)24-2)13(20)17(23)25-3/h5-6H,4,7-8H2,1-3H3. The Kier molecular flexibility index (Phi) is 6.92. The molecule has 10 heteroatoms. The molecule has 0 N–H and O–H groups in total. The summed E-state index contributed by atoms with van der Waals surface area (Å²) in [6.07, 6.45) is 0. The molecule has 1 aromatic rings. The Balaban J connectivity index is 2.59. The summed E-state index contributed by atoms with van der Waals surface area (Å²) in [5.41, 5.74) is -0.445. The van der Waals surface area contributed by atoms with Crippen LogP contribution < -0.4 is 4.90 Å². The van der Waals surface area contributed by atoms with Crippen molar-refractivity contribution in [1.29, 1.82) is 0 Å². The van der Waals surface area contributed by atoms with Crippen LogP contribution >= 0.6 is 15.9 Å². The average Bonchev–Trinajstić information content (AvgIpc) is 2.66. The molecule has 27 heavy (non-hydrogen) atoms. The van der Waals surface area contributed by atoms with Gasteiger partial charge in [-0.3, -0.25) is 0 Å². The van der Waals surface area contributed by atoms with Crippen LogP contribution in [0.3, 0.4) is 0 Å². The fourth-order valence-electron chi connectivity index (χ4n) is 2.48. The van der Waals surface area contributed by atoms with Gasteiger partial charge in [0.25, 0.3) is 0 Å². The van der Waals surface area contributed by atoms with E-state index in [2.05, 4.69) is 20.7 Å². The molecule has 0 saturated heterocycles. The Morgan fingerprint density at radius 2 is 1.85 bits per heavy atom. The van der Waals surface area contributed by atoms with Crippen molar-refractivity contribution < 1.29 is 37.7 Å². The lowest BCUT2D eigenvalue weighted by Crippen LogP contribution is -2.39. The molecule has 146 valence electrons. The van der Waals surface area contributed by atoms with E-state index >= 15 is 0 Å². The first-order valence-electron chi connectivity index (χ1n) is 7.76. The third-order valence-electron chi connectivity index (χ3n) is 3.63. The van der Waals surface area contributed by atoms with Gasteiger partial charge in [-0.05, 0) is 35.0 Å². The highest BCUT2D eigenvalue weighted by atomic mass is 79.9. The highest BCUT2D eigenvalue weighted by Crippen LogP contribution is 2.36.